The van der Waals surface area contributed by atoms with Gasteiger partial charge in [-0.3, -0.25) is 29.3 Å². The lowest BCUT2D eigenvalue weighted by Crippen LogP contribution is -2.52. The van der Waals surface area contributed by atoms with E-state index in [1.165, 1.54) is 36.4 Å². The van der Waals surface area contributed by atoms with Gasteiger partial charge >= 0.3 is 0 Å². The van der Waals surface area contributed by atoms with Crippen LogP contribution in [0.25, 0.3) is 0 Å². The van der Waals surface area contributed by atoms with Crippen molar-refractivity contribution in [1.29, 1.82) is 0 Å². The van der Waals surface area contributed by atoms with Crippen molar-refractivity contribution in [3.05, 3.63) is 73.8 Å². The van der Waals surface area contributed by atoms with Gasteiger partial charge in [-0.05, 0) is 49.3 Å². The lowest BCUT2D eigenvalue weighted by atomic mass is 9.81. The van der Waals surface area contributed by atoms with Crippen molar-refractivity contribution in [3.8, 4) is 0 Å². The van der Waals surface area contributed by atoms with E-state index in [4.69, 9.17) is 23.2 Å². The summed E-state index contributed by atoms with van der Waals surface area (Å²) >= 11 is 12.2. The van der Waals surface area contributed by atoms with Crippen LogP contribution in [0, 0.1) is 33.8 Å². The highest BCUT2D eigenvalue weighted by molar-refractivity contribution is 6.36. The number of hydrogen-bond acceptors (Lipinski definition) is 6. The van der Waals surface area contributed by atoms with Gasteiger partial charge in [0.25, 0.3) is 23.4 Å². The average Bonchev–Trinajstić information content (AvgIpc) is 3.51. The largest absolute Gasteiger partial charge is 0.292 e. The molecule has 11 heteroatoms. The molecule has 0 aromatic heterocycles. The Kier molecular flexibility index (Phi) is 5.85. The van der Waals surface area contributed by atoms with Gasteiger partial charge in [0.05, 0.1) is 27.3 Å². The van der Waals surface area contributed by atoms with Crippen molar-refractivity contribution in [2.24, 2.45) is 23.7 Å². The number of ketones is 1. The van der Waals surface area contributed by atoms with Crippen LogP contribution in [-0.2, 0) is 9.59 Å². The molecule has 2 aromatic rings. The molecule has 2 aliphatic carbocycles. The maximum absolute atomic E-state index is 13.6. The number of nitro groups is 1. The number of nitro benzene ring substituents is 1. The highest BCUT2D eigenvalue weighted by Crippen LogP contribution is 2.56. The maximum atomic E-state index is 13.6. The van der Waals surface area contributed by atoms with Gasteiger partial charge in [-0.2, -0.15) is 5.01 Å². The van der Waals surface area contributed by atoms with Crippen LogP contribution in [0.4, 0.5) is 5.69 Å². The number of non-ortho nitro benzene ring substituents is 1. The zero-order chi connectivity index (χ0) is 25.0. The average molecular weight is 516 g/mol. The first-order valence-electron chi connectivity index (χ1n) is 11.1. The standard InChI is InChI=1S/C24H19Cl2N3O6/c25-15-6-7-17(18(26)10-15)22(31)27(11-19(30)12-2-1-3-16(9-12)29(34)35)28-23(32)20-13-4-5-14(8-13)21(20)24(28)33/h1-3,6-7,9-10,13-14,20-21H,4-5,8,11H2/t13-,14-,20-,21+/m0/s1. The number of amides is 3. The third-order valence-electron chi connectivity index (χ3n) is 7.21. The molecule has 2 aromatic carbocycles. The predicted molar refractivity (Wildman–Crippen MR) is 125 cm³/mol. The minimum atomic E-state index is -0.820. The Morgan fingerprint density at radius 1 is 1.03 bits per heavy atom. The van der Waals surface area contributed by atoms with Crippen LogP contribution in [0.2, 0.25) is 10.0 Å². The number of rotatable bonds is 6. The van der Waals surface area contributed by atoms with Gasteiger partial charge in [0.2, 0.25) is 0 Å². The normalized spacial score (nSPS) is 24.6. The molecule has 1 saturated heterocycles. The fourth-order valence-electron chi connectivity index (χ4n) is 5.69. The van der Waals surface area contributed by atoms with Gasteiger partial charge in [-0.1, -0.05) is 35.3 Å². The van der Waals surface area contributed by atoms with E-state index < -0.39 is 46.8 Å². The van der Waals surface area contributed by atoms with Gasteiger partial charge in [-0.15, -0.1) is 0 Å². The van der Waals surface area contributed by atoms with Crippen LogP contribution in [-0.4, -0.2) is 45.0 Å². The van der Waals surface area contributed by atoms with Crippen LogP contribution in [0.5, 0.6) is 0 Å². The van der Waals surface area contributed by atoms with Gasteiger partial charge in [-0.25, -0.2) is 5.01 Å². The summed E-state index contributed by atoms with van der Waals surface area (Å²) in [6.45, 7) is -0.675. The number of nitrogens with zero attached hydrogens (tertiary/aromatic N) is 3. The molecule has 0 radical (unpaired) electrons. The van der Waals surface area contributed by atoms with Crippen LogP contribution in [0.15, 0.2) is 42.5 Å². The minimum absolute atomic E-state index is 0.00495. The summed E-state index contributed by atoms with van der Waals surface area (Å²) in [5.74, 6) is -3.36. The van der Waals surface area contributed by atoms with Gasteiger partial charge in [0, 0.05) is 22.7 Å². The van der Waals surface area contributed by atoms with Crippen LogP contribution in [0.3, 0.4) is 0 Å². The van der Waals surface area contributed by atoms with E-state index in [-0.39, 0.29) is 38.7 Å². The van der Waals surface area contributed by atoms with E-state index >= 15 is 0 Å². The molecular formula is C24H19Cl2N3O6. The number of carbonyl (C=O) groups excluding carboxylic acids is 4. The monoisotopic (exact) mass is 515 g/mol. The summed E-state index contributed by atoms with van der Waals surface area (Å²) in [4.78, 5) is 64.1. The number of Topliss-reactive ketones (excluding diaryl/α,β-unsaturated/α-hetero) is 1. The zero-order valence-electron chi connectivity index (χ0n) is 18.2. The van der Waals surface area contributed by atoms with E-state index in [2.05, 4.69) is 0 Å². The van der Waals surface area contributed by atoms with E-state index in [0.717, 1.165) is 35.3 Å². The van der Waals surface area contributed by atoms with Gasteiger partial charge in [0.1, 0.15) is 6.54 Å². The summed E-state index contributed by atoms with van der Waals surface area (Å²) in [7, 11) is 0. The molecule has 0 spiro atoms. The van der Waals surface area contributed by atoms with Crippen molar-refractivity contribution < 1.29 is 24.1 Å². The Labute approximate surface area is 209 Å². The SMILES string of the molecule is O=C(CN(C(=O)c1ccc(Cl)cc1Cl)N1C(=O)[C@@H]2[C@H]3CC[C@@H](C3)[C@@H]2C1=O)c1cccc([N+](=O)[O-])c1. The first-order valence-corrected chi connectivity index (χ1v) is 11.8. The van der Waals surface area contributed by atoms with Gasteiger partial charge < -0.3 is 0 Å². The third-order valence-corrected chi connectivity index (χ3v) is 7.76. The van der Waals surface area contributed by atoms with Crippen molar-refractivity contribution in [3.63, 3.8) is 0 Å². The Morgan fingerprint density at radius 3 is 2.29 bits per heavy atom. The Balaban J connectivity index is 1.52. The molecule has 3 fully saturated rings. The molecule has 1 heterocycles. The Morgan fingerprint density at radius 2 is 1.69 bits per heavy atom. The molecule has 0 N–H and O–H groups in total. The number of hydrogen-bond donors (Lipinski definition) is 0. The van der Waals surface area contributed by atoms with E-state index in [9.17, 15) is 29.3 Å². The molecule has 2 bridgehead atoms. The molecule has 5 rings (SSSR count). The molecule has 4 atom stereocenters. The summed E-state index contributed by atoms with van der Waals surface area (Å²) in [6.07, 6.45) is 2.51. The summed E-state index contributed by atoms with van der Waals surface area (Å²) in [5, 5.41) is 13.0. The lowest BCUT2D eigenvalue weighted by molar-refractivity contribution is -0.384. The summed E-state index contributed by atoms with van der Waals surface area (Å²) < 4.78 is 0. The second-order valence-electron chi connectivity index (χ2n) is 9.09. The molecule has 3 aliphatic rings. The summed E-state index contributed by atoms with van der Waals surface area (Å²) in [5.41, 5.74) is -0.365. The molecule has 1 aliphatic heterocycles. The lowest BCUT2D eigenvalue weighted by Gasteiger charge is -2.31. The Bertz CT molecular complexity index is 1270. The van der Waals surface area contributed by atoms with Crippen molar-refractivity contribution in [2.45, 2.75) is 19.3 Å². The highest BCUT2D eigenvalue weighted by atomic mass is 35.5. The van der Waals surface area contributed by atoms with Crippen LogP contribution < -0.4 is 0 Å². The first-order chi connectivity index (χ1) is 16.7. The molecular weight excluding hydrogens is 497 g/mol. The van der Waals surface area contributed by atoms with Crippen molar-refractivity contribution in [1.82, 2.24) is 10.0 Å². The highest BCUT2D eigenvalue weighted by Gasteiger charge is 2.62. The van der Waals surface area contributed by atoms with E-state index in [1.807, 2.05) is 0 Å². The molecule has 35 heavy (non-hydrogen) atoms. The minimum Gasteiger partial charge on any atom is -0.292 e. The van der Waals surface area contributed by atoms with E-state index in [1.54, 1.807) is 0 Å². The quantitative estimate of drug-likeness (QED) is 0.246. The number of halogens is 2. The zero-order valence-corrected chi connectivity index (χ0v) is 19.7. The second-order valence-corrected chi connectivity index (χ2v) is 9.93. The van der Waals surface area contributed by atoms with Crippen molar-refractivity contribution >= 4 is 52.4 Å². The molecule has 0 unspecified atom stereocenters. The number of hydrazine groups is 1. The van der Waals surface area contributed by atoms with E-state index in [0.29, 0.717) is 0 Å². The smallest absolute Gasteiger partial charge is 0.274 e. The fourth-order valence-corrected chi connectivity index (χ4v) is 6.18. The predicted octanol–water partition coefficient (Wildman–Crippen LogP) is 4.17. The number of benzene rings is 2. The molecule has 9 nitrogen and oxygen atoms in total. The van der Waals surface area contributed by atoms with Gasteiger partial charge in [0.15, 0.2) is 5.78 Å². The topological polar surface area (TPSA) is 118 Å². The van der Waals surface area contributed by atoms with Crippen LogP contribution in [0.1, 0.15) is 40.0 Å². The third kappa shape index (κ3) is 3.88. The first kappa shape index (κ1) is 23.4. The van der Waals surface area contributed by atoms with Crippen LogP contribution >= 0.6 is 23.2 Å². The number of imide groups is 1. The molecule has 180 valence electrons. The number of carbonyl (C=O) groups is 4. The molecule has 2 saturated carbocycles. The summed E-state index contributed by atoms with van der Waals surface area (Å²) in [6, 6.07) is 9.18. The maximum Gasteiger partial charge on any atom is 0.274 e. The number of fused-ring (bicyclic) bond motifs is 5. The van der Waals surface area contributed by atoms with Crippen molar-refractivity contribution in [2.75, 3.05) is 6.54 Å². The second kappa shape index (κ2) is 8.73. The fraction of sp³-hybridized carbons (Fsp3) is 0.333. The molecule has 3 amide bonds. The Hall–Kier alpha value is -3.30.